The van der Waals surface area contributed by atoms with Gasteiger partial charge in [0.05, 0.1) is 6.04 Å². The van der Waals surface area contributed by atoms with Crippen LogP contribution in [0, 0.1) is 5.92 Å². The SMILES string of the molecule is CCN(CC)C(=O)C(C)NC1CCCCCC1C. The number of amides is 1. The average molecular weight is 254 g/mol. The highest BCUT2D eigenvalue weighted by molar-refractivity contribution is 5.81. The molecule has 1 aliphatic rings. The normalized spacial score (nSPS) is 26.4. The quantitative estimate of drug-likeness (QED) is 0.765. The first kappa shape index (κ1) is 15.5. The van der Waals surface area contributed by atoms with Gasteiger partial charge < -0.3 is 10.2 Å². The third kappa shape index (κ3) is 4.27. The lowest BCUT2D eigenvalue weighted by atomic mass is 9.96. The Balaban J connectivity index is 2.51. The molecule has 0 bridgehead atoms. The summed E-state index contributed by atoms with van der Waals surface area (Å²) in [5.41, 5.74) is 0. The molecule has 3 nitrogen and oxygen atoms in total. The van der Waals surface area contributed by atoms with Crippen LogP contribution in [0.1, 0.15) is 59.8 Å². The van der Waals surface area contributed by atoms with Crippen LogP contribution in [0.15, 0.2) is 0 Å². The second kappa shape index (κ2) is 7.78. The van der Waals surface area contributed by atoms with Crippen molar-refractivity contribution in [3.8, 4) is 0 Å². The van der Waals surface area contributed by atoms with Crippen molar-refractivity contribution in [2.75, 3.05) is 13.1 Å². The highest BCUT2D eigenvalue weighted by atomic mass is 16.2. The first-order valence-corrected chi connectivity index (χ1v) is 7.64. The van der Waals surface area contributed by atoms with Gasteiger partial charge in [-0.3, -0.25) is 4.79 Å². The molecule has 1 N–H and O–H groups in total. The topological polar surface area (TPSA) is 32.3 Å². The van der Waals surface area contributed by atoms with Gasteiger partial charge in [0.15, 0.2) is 0 Å². The van der Waals surface area contributed by atoms with Crippen molar-refractivity contribution in [3.63, 3.8) is 0 Å². The van der Waals surface area contributed by atoms with Gasteiger partial charge in [0.25, 0.3) is 0 Å². The molecule has 0 saturated heterocycles. The maximum Gasteiger partial charge on any atom is 0.239 e. The molecule has 3 unspecified atom stereocenters. The van der Waals surface area contributed by atoms with Gasteiger partial charge in [-0.1, -0.05) is 26.2 Å². The van der Waals surface area contributed by atoms with Gasteiger partial charge in [-0.25, -0.2) is 0 Å². The first-order valence-electron chi connectivity index (χ1n) is 7.64. The van der Waals surface area contributed by atoms with Crippen molar-refractivity contribution in [1.82, 2.24) is 10.2 Å². The molecule has 3 atom stereocenters. The molecule has 0 aromatic rings. The number of nitrogens with one attached hydrogen (secondary N) is 1. The van der Waals surface area contributed by atoms with Crippen LogP contribution in [0.3, 0.4) is 0 Å². The number of hydrogen-bond donors (Lipinski definition) is 1. The average Bonchev–Trinajstić information content (AvgIpc) is 2.56. The van der Waals surface area contributed by atoms with Gasteiger partial charge in [0.2, 0.25) is 5.91 Å². The van der Waals surface area contributed by atoms with E-state index in [1.165, 1.54) is 32.1 Å². The van der Waals surface area contributed by atoms with Crippen LogP contribution in [0.25, 0.3) is 0 Å². The van der Waals surface area contributed by atoms with Crippen molar-refractivity contribution in [2.24, 2.45) is 5.92 Å². The standard InChI is InChI=1S/C15H30N2O/c1-5-17(6-2)15(18)13(4)16-14-11-9-7-8-10-12(14)3/h12-14,16H,5-11H2,1-4H3. The lowest BCUT2D eigenvalue weighted by Crippen LogP contribution is -2.49. The molecule has 0 radical (unpaired) electrons. The van der Waals surface area contributed by atoms with Crippen molar-refractivity contribution < 1.29 is 4.79 Å². The predicted molar refractivity (Wildman–Crippen MR) is 76.6 cm³/mol. The highest BCUT2D eigenvalue weighted by Crippen LogP contribution is 2.23. The molecule has 106 valence electrons. The maximum absolute atomic E-state index is 12.2. The monoisotopic (exact) mass is 254 g/mol. The molecule has 1 amide bonds. The summed E-state index contributed by atoms with van der Waals surface area (Å²) in [7, 11) is 0. The van der Waals surface area contributed by atoms with Crippen molar-refractivity contribution in [1.29, 1.82) is 0 Å². The maximum atomic E-state index is 12.2. The zero-order chi connectivity index (χ0) is 13.5. The fraction of sp³-hybridized carbons (Fsp3) is 0.933. The Kier molecular flexibility index (Phi) is 6.69. The number of carbonyl (C=O) groups is 1. The van der Waals surface area contributed by atoms with Gasteiger partial charge in [-0.15, -0.1) is 0 Å². The predicted octanol–water partition coefficient (Wildman–Crippen LogP) is 2.80. The van der Waals surface area contributed by atoms with E-state index in [-0.39, 0.29) is 11.9 Å². The van der Waals surface area contributed by atoms with E-state index < -0.39 is 0 Å². The number of rotatable bonds is 5. The minimum Gasteiger partial charge on any atom is -0.342 e. The van der Waals surface area contributed by atoms with Crippen LogP contribution < -0.4 is 5.32 Å². The second-order valence-corrected chi connectivity index (χ2v) is 5.62. The molecule has 0 heterocycles. The molecule has 18 heavy (non-hydrogen) atoms. The Hall–Kier alpha value is -0.570. The van der Waals surface area contributed by atoms with Crippen molar-refractivity contribution >= 4 is 5.91 Å². The van der Waals surface area contributed by atoms with Gasteiger partial charge >= 0.3 is 0 Å². The molecular formula is C15H30N2O. The third-order valence-electron chi connectivity index (χ3n) is 4.27. The van der Waals surface area contributed by atoms with E-state index in [0.717, 1.165) is 13.1 Å². The summed E-state index contributed by atoms with van der Waals surface area (Å²) in [6.07, 6.45) is 6.51. The smallest absolute Gasteiger partial charge is 0.239 e. The van der Waals surface area contributed by atoms with Crippen LogP contribution in [-0.2, 0) is 4.79 Å². The van der Waals surface area contributed by atoms with E-state index in [0.29, 0.717) is 12.0 Å². The molecule has 1 aliphatic carbocycles. The Morgan fingerprint density at radius 1 is 1.22 bits per heavy atom. The lowest BCUT2D eigenvalue weighted by Gasteiger charge is -2.29. The summed E-state index contributed by atoms with van der Waals surface area (Å²) in [5.74, 6) is 0.941. The molecule has 0 aromatic carbocycles. The van der Waals surface area contributed by atoms with E-state index in [1.54, 1.807) is 0 Å². The van der Waals surface area contributed by atoms with Crippen LogP contribution in [0.2, 0.25) is 0 Å². The minimum atomic E-state index is -0.0459. The Morgan fingerprint density at radius 3 is 2.44 bits per heavy atom. The summed E-state index contributed by atoms with van der Waals surface area (Å²) < 4.78 is 0. The minimum absolute atomic E-state index is 0.0459. The number of nitrogens with zero attached hydrogens (tertiary/aromatic N) is 1. The second-order valence-electron chi connectivity index (χ2n) is 5.62. The van der Waals surface area contributed by atoms with Crippen LogP contribution >= 0.6 is 0 Å². The van der Waals surface area contributed by atoms with Crippen molar-refractivity contribution in [3.05, 3.63) is 0 Å². The van der Waals surface area contributed by atoms with E-state index >= 15 is 0 Å². The zero-order valence-electron chi connectivity index (χ0n) is 12.5. The lowest BCUT2D eigenvalue weighted by molar-refractivity contribution is -0.132. The molecular weight excluding hydrogens is 224 g/mol. The van der Waals surface area contributed by atoms with Crippen LogP contribution in [0.4, 0.5) is 0 Å². The zero-order valence-corrected chi connectivity index (χ0v) is 12.5. The van der Waals surface area contributed by atoms with E-state index in [1.807, 2.05) is 25.7 Å². The number of hydrogen-bond acceptors (Lipinski definition) is 2. The van der Waals surface area contributed by atoms with E-state index in [2.05, 4.69) is 12.2 Å². The molecule has 1 saturated carbocycles. The number of likely N-dealkylation sites (N-methyl/N-ethyl adjacent to an activating group) is 1. The fourth-order valence-electron chi connectivity index (χ4n) is 2.94. The molecule has 3 heteroatoms. The van der Waals surface area contributed by atoms with Gasteiger partial charge in [-0.05, 0) is 39.5 Å². The molecule has 0 aliphatic heterocycles. The first-order chi connectivity index (χ1) is 8.60. The Labute approximate surface area is 112 Å². The molecule has 0 aromatic heterocycles. The third-order valence-corrected chi connectivity index (χ3v) is 4.27. The summed E-state index contributed by atoms with van der Waals surface area (Å²) >= 11 is 0. The van der Waals surface area contributed by atoms with Gasteiger partial charge in [0.1, 0.15) is 0 Å². The summed E-state index contributed by atoms with van der Waals surface area (Å²) in [6, 6.07) is 0.470. The highest BCUT2D eigenvalue weighted by Gasteiger charge is 2.25. The van der Waals surface area contributed by atoms with E-state index in [9.17, 15) is 4.79 Å². The fourth-order valence-corrected chi connectivity index (χ4v) is 2.94. The van der Waals surface area contributed by atoms with E-state index in [4.69, 9.17) is 0 Å². The van der Waals surface area contributed by atoms with Gasteiger partial charge in [0, 0.05) is 19.1 Å². The van der Waals surface area contributed by atoms with Crippen LogP contribution in [0.5, 0.6) is 0 Å². The molecule has 1 rings (SSSR count). The summed E-state index contributed by atoms with van der Waals surface area (Å²) in [6.45, 7) is 10.0. The van der Waals surface area contributed by atoms with Gasteiger partial charge in [-0.2, -0.15) is 0 Å². The van der Waals surface area contributed by atoms with Crippen LogP contribution in [-0.4, -0.2) is 36.0 Å². The van der Waals surface area contributed by atoms with Crippen molar-refractivity contribution in [2.45, 2.75) is 71.9 Å². The molecule has 1 fully saturated rings. The Bertz CT molecular complexity index is 251. The summed E-state index contributed by atoms with van der Waals surface area (Å²) in [4.78, 5) is 14.2. The number of carbonyl (C=O) groups excluding carboxylic acids is 1. The Morgan fingerprint density at radius 2 is 1.83 bits per heavy atom. The summed E-state index contributed by atoms with van der Waals surface area (Å²) in [5, 5.41) is 3.57. The largest absolute Gasteiger partial charge is 0.342 e. The molecule has 0 spiro atoms.